The number of benzene rings is 1. The van der Waals surface area contributed by atoms with Gasteiger partial charge in [0.25, 0.3) is 0 Å². The van der Waals surface area contributed by atoms with E-state index < -0.39 is 35.6 Å². The molecule has 2 rings (SSSR count). The summed E-state index contributed by atoms with van der Waals surface area (Å²) < 4.78 is 27.3. The number of amides is 2. The van der Waals surface area contributed by atoms with Crippen LogP contribution in [-0.2, 0) is 20.9 Å². The number of carbonyl (C=O) groups excluding carboxylic acids is 2. The van der Waals surface area contributed by atoms with Gasteiger partial charge in [0.15, 0.2) is 11.6 Å². The van der Waals surface area contributed by atoms with Crippen molar-refractivity contribution in [3.63, 3.8) is 0 Å². The number of carboxylic acid groups (broad SMARTS) is 1. The van der Waals surface area contributed by atoms with Gasteiger partial charge in [-0.2, -0.15) is 0 Å². The maximum absolute atomic E-state index is 13.9. The standard InChI is InChI=1S/C19H24F2N2O4/c1-11(2)8-15(19(26)27)22-16(24)9-13-6-7-17(25)23(13)10-12-4-3-5-14(20)18(12)21/h3-5,11,13,15H,6-10H2,1-2H3,(H,22,24)(H,26,27)/t13?,15-/m1/s1. The Morgan fingerprint density at radius 3 is 2.67 bits per heavy atom. The van der Waals surface area contributed by atoms with Crippen molar-refractivity contribution in [3.05, 3.63) is 35.4 Å². The topological polar surface area (TPSA) is 86.7 Å². The molecule has 0 aromatic heterocycles. The smallest absolute Gasteiger partial charge is 0.326 e. The number of hydrogen-bond donors (Lipinski definition) is 2. The fraction of sp³-hybridized carbons (Fsp3) is 0.526. The van der Waals surface area contributed by atoms with Crippen LogP contribution in [0.4, 0.5) is 8.78 Å². The molecule has 1 aliphatic heterocycles. The van der Waals surface area contributed by atoms with E-state index >= 15 is 0 Å². The molecule has 1 saturated heterocycles. The molecule has 0 aliphatic carbocycles. The Morgan fingerprint density at radius 2 is 2.04 bits per heavy atom. The number of aliphatic carboxylic acids is 1. The molecule has 0 radical (unpaired) electrons. The molecule has 27 heavy (non-hydrogen) atoms. The SMILES string of the molecule is CC(C)C[C@@H](NC(=O)CC1CCC(=O)N1Cc1cccc(F)c1F)C(=O)O. The lowest BCUT2D eigenvalue weighted by Gasteiger charge is -2.25. The molecule has 1 unspecified atom stereocenters. The molecule has 148 valence electrons. The average Bonchev–Trinajstić information content (AvgIpc) is 2.91. The molecule has 0 saturated carbocycles. The lowest BCUT2D eigenvalue weighted by Crippen LogP contribution is -2.44. The van der Waals surface area contributed by atoms with Crippen LogP contribution in [0.2, 0.25) is 0 Å². The van der Waals surface area contributed by atoms with Gasteiger partial charge in [-0.1, -0.05) is 26.0 Å². The lowest BCUT2D eigenvalue weighted by atomic mass is 10.0. The van der Waals surface area contributed by atoms with Crippen LogP contribution in [0.5, 0.6) is 0 Å². The number of rotatable bonds is 8. The second-order valence-electron chi connectivity index (χ2n) is 7.22. The Kier molecular flexibility index (Phi) is 6.87. The minimum atomic E-state index is -1.11. The first kappa shape index (κ1) is 20.8. The van der Waals surface area contributed by atoms with E-state index in [9.17, 15) is 28.3 Å². The van der Waals surface area contributed by atoms with Crippen molar-refractivity contribution in [2.45, 2.75) is 58.2 Å². The first-order valence-electron chi connectivity index (χ1n) is 8.93. The highest BCUT2D eigenvalue weighted by Gasteiger charge is 2.34. The van der Waals surface area contributed by atoms with Crippen LogP contribution in [0.25, 0.3) is 0 Å². The zero-order valence-electron chi connectivity index (χ0n) is 15.4. The predicted octanol–water partition coefficient (Wildman–Crippen LogP) is 2.46. The van der Waals surface area contributed by atoms with Crippen molar-refractivity contribution in [1.82, 2.24) is 10.2 Å². The third kappa shape index (κ3) is 5.48. The molecular formula is C19H24F2N2O4. The van der Waals surface area contributed by atoms with Gasteiger partial charge in [-0.25, -0.2) is 13.6 Å². The van der Waals surface area contributed by atoms with Crippen LogP contribution in [0.15, 0.2) is 18.2 Å². The van der Waals surface area contributed by atoms with E-state index in [1.54, 1.807) is 0 Å². The second kappa shape index (κ2) is 8.92. The van der Waals surface area contributed by atoms with E-state index in [2.05, 4.69) is 5.32 Å². The van der Waals surface area contributed by atoms with Crippen LogP contribution >= 0.6 is 0 Å². The highest BCUT2D eigenvalue weighted by atomic mass is 19.2. The van der Waals surface area contributed by atoms with Gasteiger partial charge in [0.2, 0.25) is 11.8 Å². The molecule has 1 heterocycles. The first-order chi connectivity index (χ1) is 12.7. The van der Waals surface area contributed by atoms with Crippen molar-refractivity contribution >= 4 is 17.8 Å². The van der Waals surface area contributed by atoms with Gasteiger partial charge in [0, 0.05) is 31.0 Å². The Morgan fingerprint density at radius 1 is 1.33 bits per heavy atom. The molecule has 0 bridgehead atoms. The summed E-state index contributed by atoms with van der Waals surface area (Å²) in [4.78, 5) is 37.0. The first-order valence-corrected chi connectivity index (χ1v) is 8.93. The van der Waals surface area contributed by atoms with Crippen LogP contribution in [-0.4, -0.2) is 39.9 Å². The zero-order chi connectivity index (χ0) is 20.1. The number of carbonyl (C=O) groups is 3. The Labute approximate surface area is 156 Å². The van der Waals surface area contributed by atoms with Gasteiger partial charge in [-0.3, -0.25) is 9.59 Å². The van der Waals surface area contributed by atoms with Crippen LogP contribution < -0.4 is 5.32 Å². The molecule has 1 aliphatic rings. The van der Waals surface area contributed by atoms with E-state index in [0.717, 1.165) is 6.07 Å². The monoisotopic (exact) mass is 382 g/mol. The Balaban J connectivity index is 2.03. The van der Waals surface area contributed by atoms with Crippen LogP contribution in [0, 0.1) is 17.6 Å². The highest BCUT2D eigenvalue weighted by molar-refractivity contribution is 5.85. The summed E-state index contributed by atoms with van der Waals surface area (Å²) in [5, 5.41) is 11.7. The summed E-state index contributed by atoms with van der Waals surface area (Å²) in [6.45, 7) is 3.58. The van der Waals surface area contributed by atoms with E-state index in [4.69, 9.17) is 0 Å². The summed E-state index contributed by atoms with van der Waals surface area (Å²) in [6, 6.07) is 2.28. The fourth-order valence-corrected chi connectivity index (χ4v) is 3.24. The van der Waals surface area contributed by atoms with E-state index in [-0.39, 0.29) is 36.8 Å². The van der Waals surface area contributed by atoms with E-state index in [1.165, 1.54) is 17.0 Å². The maximum atomic E-state index is 13.9. The number of halogens is 2. The van der Waals surface area contributed by atoms with Gasteiger partial charge < -0.3 is 15.3 Å². The third-order valence-electron chi connectivity index (χ3n) is 4.59. The molecule has 1 fully saturated rings. The molecule has 6 nitrogen and oxygen atoms in total. The molecule has 2 amide bonds. The van der Waals surface area contributed by atoms with E-state index in [0.29, 0.717) is 12.8 Å². The maximum Gasteiger partial charge on any atom is 0.326 e. The number of carboxylic acids is 1. The molecule has 1 aromatic carbocycles. The molecule has 8 heteroatoms. The summed E-state index contributed by atoms with van der Waals surface area (Å²) in [7, 11) is 0. The van der Waals surface area contributed by atoms with Gasteiger partial charge >= 0.3 is 5.97 Å². The number of nitrogens with zero attached hydrogens (tertiary/aromatic N) is 1. The summed E-state index contributed by atoms with van der Waals surface area (Å²) in [5.74, 6) is -3.75. The minimum Gasteiger partial charge on any atom is -0.480 e. The van der Waals surface area contributed by atoms with Crippen molar-refractivity contribution in [1.29, 1.82) is 0 Å². The van der Waals surface area contributed by atoms with Crippen LogP contribution in [0.1, 0.15) is 45.1 Å². The largest absolute Gasteiger partial charge is 0.480 e. The Bertz CT molecular complexity index is 724. The zero-order valence-corrected chi connectivity index (χ0v) is 15.4. The Hall–Kier alpha value is -2.51. The van der Waals surface area contributed by atoms with Gasteiger partial charge in [0.05, 0.1) is 0 Å². The number of likely N-dealkylation sites (tertiary alicyclic amines) is 1. The summed E-state index contributed by atoms with van der Waals surface area (Å²) in [6.07, 6.45) is 0.835. The molecule has 0 spiro atoms. The van der Waals surface area contributed by atoms with Gasteiger partial charge in [-0.05, 0) is 24.8 Å². The van der Waals surface area contributed by atoms with Gasteiger partial charge in [0.1, 0.15) is 6.04 Å². The van der Waals surface area contributed by atoms with E-state index in [1.807, 2.05) is 13.8 Å². The number of nitrogens with one attached hydrogen (secondary N) is 1. The second-order valence-corrected chi connectivity index (χ2v) is 7.22. The van der Waals surface area contributed by atoms with Crippen molar-refractivity contribution in [2.75, 3.05) is 0 Å². The normalized spacial score (nSPS) is 18.0. The third-order valence-corrected chi connectivity index (χ3v) is 4.59. The molecule has 2 atom stereocenters. The van der Waals surface area contributed by atoms with Crippen LogP contribution in [0.3, 0.4) is 0 Å². The molecule has 2 N–H and O–H groups in total. The summed E-state index contributed by atoms with van der Waals surface area (Å²) >= 11 is 0. The van der Waals surface area contributed by atoms with Crippen molar-refractivity contribution in [3.8, 4) is 0 Å². The molecular weight excluding hydrogens is 358 g/mol. The van der Waals surface area contributed by atoms with Crippen molar-refractivity contribution in [2.24, 2.45) is 5.92 Å². The lowest BCUT2D eigenvalue weighted by molar-refractivity contribution is -0.142. The fourth-order valence-electron chi connectivity index (χ4n) is 3.24. The predicted molar refractivity (Wildman–Crippen MR) is 93.6 cm³/mol. The average molecular weight is 382 g/mol. The highest BCUT2D eigenvalue weighted by Crippen LogP contribution is 2.25. The number of hydrogen-bond acceptors (Lipinski definition) is 3. The van der Waals surface area contributed by atoms with Crippen molar-refractivity contribution < 1.29 is 28.3 Å². The molecule has 1 aromatic rings. The minimum absolute atomic E-state index is 0.0406. The quantitative estimate of drug-likeness (QED) is 0.723. The summed E-state index contributed by atoms with van der Waals surface area (Å²) in [5.41, 5.74) is 0.0406. The van der Waals surface area contributed by atoms with Gasteiger partial charge in [-0.15, -0.1) is 0 Å².